The second-order valence-electron chi connectivity index (χ2n) is 4.61. The van der Waals surface area contributed by atoms with Crippen LogP contribution >= 0.6 is 0 Å². The predicted octanol–water partition coefficient (Wildman–Crippen LogP) is 1.70. The number of hydrogen-bond acceptors (Lipinski definition) is 4. The standard InChI is InChI=1S/C16H20N4O2/c1-21-14-6-5-12(8-15(14)22-2)10-19-16(17)20-11-13-4-3-7-18-9-13/h3-9H,10-11H2,1-2H3,(H3,17,19,20). The molecule has 0 unspecified atom stereocenters. The molecule has 0 aliphatic rings. The van der Waals surface area contributed by atoms with Crippen LogP contribution in [0.3, 0.4) is 0 Å². The van der Waals surface area contributed by atoms with Gasteiger partial charge in [0, 0.05) is 18.9 Å². The van der Waals surface area contributed by atoms with Crippen LogP contribution in [0.1, 0.15) is 11.1 Å². The number of nitrogens with one attached hydrogen (secondary N) is 1. The molecule has 6 heteroatoms. The van der Waals surface area contributed by atoms with Crippen molar-refractivity contribution in [3.63, 3.8) is 0 Å². The smallest absolute Gasteiger partial charge is 0.189 e. The molecule has 0 saturated carbocycles. The second kappa shape index (κ2) is 7.87. The lowest BCUT2D eigenvalue weighted by Gasteiger charge is -2.10. The van der Waals surface area contributed by atoms with Crippen LogP contribution in [-0.4, -0.2) is 25.2 Å². The molecule has 0 bridgehead atoms. The molecule has 6 nitrogen and oxygen atoms in total. The third-order valence-corrected chi connectivity index (χ3v) is 3.08. The summed E-state index contributed by atoms with van der Waals surface area (Å²) in [7, 11) is 3.22. The number of pyridine rings is 1. The summed E-state index contributed by atoms with van der Waals surface area (Å²) in [6, 6.07) is 9.54. The van der Waals surface area contributed by atoms with E-state index in [9.17, 15) is 0 Å². The van der Waals surface area contributed by atoms with Gasteiger partial charge < -0.3 is 20.5 Å². The highest BCUT2D eigenvalue weighted by atomic mass is 16.5. The van der Waals surface area contributed by atoms with Crippen LogP contribution in [0.5, 0.6) is 11.5 Å². The van der Waals surface area contributed by atoms with Crippen molar-refractivity contribution < 1.29 is 9.47 Å². The lowest BCUT2D eigenvalue weighted by atomic mass is 10.2. The minimum absolute atomic E-state index is 0.388. The van der Waals surface area contributed by atoms with Gasteiger partial charge in [-0.25, -0.2) is 4.99 Å². The van der Waals surface area contributed by atoms with E-state index in [-0.39, 0.29) is 0 Å². The van der Waals surface area contributed by atoms with Gasteiger partial charge in [0.25, 0.3) is 0 Å². The lowest BCUT2D eigenvalue weighted by molar-refractivity contribution is 0.354. The van der Waals surface area contributed by atoms with E-state index in [2.05, 4.69) is 15.3 Å². The van der Waals surface area contributed by atoms with E-state index in [0.717, 1.165) is 11.1 Å². The van der Waals surface area contributed by atoms with Gasteiger partial charge in [-0.1, -0.05) is 12.1 Å². The number of aromatic nitrogens is 1. The van der Waals surface area contributed by atoms with Crippen molar-refractivity contribution >= 4 is 5.96 Å². The maximum atomic E-state index is 5.86. The maximum Gasteiger partial charge on any atom is 0.189 e. The molecule has 0 amide bonds. The molecule has 116 valence electrons. The van der Waals surface area contributed by atoms with Gasteiger partial charge in [0.05, 0.1) is 20.8 Å². The van der Waals surface area contributed by atoms with Gasteiger partial charge in [-0.15, -0.1) is 0 Å². The van der Waals surface area contributed by atoms with Gasteiger partial charge in [0.15, 0.2) is 17.5 Å². The Bertz CT molecular complexity index is 629. The van der Waals surface area contributed by atoms with Crippen molar-refractivity contribution in [1.82, 2.24) is 10.3 Å². The Labute approximate surface area is 130 Å². The van der Waals surface area contributed by atoms with Crippen molar-refractivity contribution in [3.05, 3.63) is 53.9 Å². The van der Waals surface area contributed by atoms with Gasteiger partial charge >= 0.3 is 0 Å². The molecule has 0 radical (unpaired) electrons. The first-order valence-electron chi connectivity index (χ1n) is 6.86. The quantitative estimate of drug-likeness (QED) is 0.627. The highest BCUT2D eigenvalue weighted by Gasteiger charge is 2.04. The summed E-state index contributed by atoms with van der Waals surface area (Å²) in [4.78, 5) is 8.31. The number of hydrogen-bond donors (Lipinski definition) is 2. The van der Waals surface area contributed by atoms with E-state index >= 15 is 0 Å². The van der Waals surface area contributed by atoms with Crippen molar-refractivity contribution in [2.24, 2.45) is 10.7 Å². The highest BCUT2D eigenvalue weighted by Crippen LogP contribution is 2.27. The fraction of sp³-hybridized carbons (Fsp3) is 0.250. The summed E-state index contributed by atoms with van der Waals surface area (Å²) in [5.41, 5.74) is 7.90. The fourth-order valence-electron chi connectivity index (χ4n) is 1.91. The first-order chi connectivity index (χ1) is 10.7. The number of guanidine groups is 1. The van der Waals surface area contributed by atoms with Gasteiger partial charge in [0.1, 0.15) is 0 Å². The molecule has 1 aromatic carbocycles. The van der Waals surface area contributed by atoms with E-state index in [0.29, 0.717) is 30.5 Å². The van der Waals surface area contributed by atoms with E-state index in [1.165, 1.54) is 0 Å². The number of nitrogens with two attached hydrogens (primary N) is 1. The molecule has 3 N–H and O–H groups in total. The predicted molar refractivity (Wildman–Crippen MR) is 85.9 cm³/mol. The summed E-state index contributed by atoms with van der Waals surface area (Å²) in [6.07, 6.45) is 3.50. The van der Waals surface area contributed by atoms with Crippen LogP contribution < -0.4 is 20.5 Å². The third kappa shape index (κ3) is 4.37. The van der Waals surface area contributed by atoms with Crippen molar-refractivity contribution in [3.8, 4) is 11.5 Å². The number of methoxy groups -OCH3 is 2. The average Bonchev–Trinajstić information content (AvgIpc) is 2.58. The van der Waals surface area contributed by atoms with Crippen molar-refractivity contribution in [1.29, 1.82) is 0 Å². The van der Waals surface area contributed by atoms with Crippen LogP contribution in [0.25, 0.3) is 0 Å². The Morgan fingerprint density at radius 2 is 2.00 bits per heavy atom. The SMILES string of the molecule is COc1ccc(CNC(N)=NCc2cccnc2)cc1OC. The molecule has 0 saturated heterocycles. The van der Waals surface area contributed by atoms with E-state index in [1.807, 2.05) is 30.3 Å². The zero-order valence-electron chi connectivity index (χ0n) is 12.7. The van der Waals surface area contributed by atoms with E-state index in [1.54, 1.807) is 26.6 Å². The Morgan fingerprint density at radius 1 is 1.18 bits per heavy atom. The average molecular weight is 300 g/mol. The largest absolute Gasteiger partial charge is 0.493 e. The molecular formula is C16H20N4O2. The van der Waals surface area contributed by atoms with E-state index in [4.69, 9.17) is 15.2 Å². The summed E-state index contributed by atoms with van der Waals surface area (Å²) >= 11 is 0. The molecule has 0 spiro atoms. The van der Waals surface area contributed by atoms with Crippen molar-refractivity contribution in [2.45, 2.75) is 13.1 Å². The highest BCUT2D eigenvalue weighted by molar-refractivity contribution is 5.77. The zero-order chi connectivity index (χ0) is 15.8. The molecule has 1 heterocycles. The van der Waals surface area contributed by atoms with Gasteiger partial charge in [0.2, 0.25) is 0 Å². The summed E-state index contributed by atoms with van der Waals surface area (Å²) in [6.45, 7) is 1.06. The minimum atomic E-state index is 0.388. The molecule has 0 aliphatic heterocycles. The van der Waals surface area contributed by atoms with Gasteiger partial charge in [-0.3, -0.25) is 4.98 Å². The first kappa shape index (κ1) is 15.6. The summed E-state index contributed by atoms with van der Waals surface area (Å²) < 4.78 is 10.5. The number of rotatable bonds is 6. The monoisotopic (exact) mass is 300 g/mol. The fourth-order valence-corrected chi connectivity index (χ4v) is 1.91. The Kier molecular flexibility index (Phi) is 5.59. The Balaban J connectivity index is 1.92. The van der Waals surface area contributed by atoms with Gasteiger partial charge in [-0.05, 0) is 29.3 Å². The molecule has 1 aromatic heterocycles. The van der Waals surface area contributed by atoms with Gasteiger partial charge in [-0.2, -0.15) is 0 Å². The number of aliphatic imine (C=N–C) groups is 1. The van der Waals surface area contributed by atoms with Crippen LogP contribution in [0.15, 0.2) is 47.7 Å². The van der Waals surface area contributed by atoms with E-state index < -0.39 is 0 Å². The Hall–Kier alpha value is -2.76. The summed E-state index contributed by atoms with van der Waals surface area (Å²) in [5.74, 6) is 1.77. The Morgan fingerprint density at radius 3 is 2.68 bits per heavy atom. The number of benzene rings is 1. The normalized spacial score (nSPS) is 11.1. The van der Waals surface area contributed by atoms with Crippen LogP contribution in [0.4, 0.5) is 0 Å². The molecular weight excluding hydrogens is 280 g/mol. The third-order valence-electron chi connectivity index (χ3n) is 3.08. The molecule has 0 fully saturated rings. The van der Waals surface area contributed by atoms with Crippen molar-refractivity contribution in [2.75, 3.05) is 14.2 Å². The van der Waals surface area contributed by atoms with Crippen LogP contribution in [0.2, 0.25) is 0 Å². The number of nitrogens with zero attached hydrogens (tertiary/aromatic N) is 2. The molecule has 2 rings (SSSR count). The summed E-state index contributed by atoms with van der Waals surface area (Å²) in [5, 5.41) is 3.07. The first-order valence-corrected chi connectivity index (χ1v) is 6.86. The lowest BCUT2D eigenvalue weighted by Crippen LogP contribution is -2.31. The topological polar surface area (TPSA) is 81.8 Å². The van der Waals surface area contributed by atoms with Crippen LogP contribution in [0, 0.1) is 0 Å². The van der Waals surface area contributed by atoms with Crippen LogP contribution in [-0.2, 0) is 13.1 Å². The molecule has 22 heavy (non-hydrogen) atoms. The second-order valence-corrected chi connectivity index (χ2v) is 4.61. The molecule has 0 atom stereocenters. The minimum Gasteiger partial charge on any atom is -0.493 e. The molecule has 0 aliphatic carbocycles. The maximum absolute atomic E-state index is 5.86. The molecule has 2 aromatic rings. The number of ether oxygens (including phenoxy) is 2. The zero-order valence-corrected chi connectivity index (χ0v) is 12.7.